The zero-order chi connectivity index (χ0) is 13.8. The number of anilines is 1. The molecule has 18 heavy (non-hydrogen) atoms. The van der Waals surface area contributed by atoms with E-state index in [0.717, 1.165) is 12.3 Å². The molecule has 0 saturated heterocycles. The minimum Gasteiger partial charge on any atom is -0.359 e. The Morgan fingerprint density at radius 1 is 1.28 bits per heavy atom. The van der Waals surface area contributed by atoms with E-state index in [1.54, 1.807) is 12.1 Å². The fraction of sp³-hybridized carbons (Fsp3) is 0.0909. The topological polar surface area (TPSA) is 59.6 Å². The van der Waals surface area contributed by atoms with Gasteiger partial charge >= 0.3 is 6.18 Å². The number of benzene rings is 1. The van der Waals surface area contributed by atoms with Crippen LogP contribution in [0.1, 0.15) is 5.56 Å². The largest absolute Gasteiger partial charge is 0.417 e. The van der Waals surface area contributed by atoms with Crippen molar-refractivity contribution in [1.29, 1.82) is 10.5 Å². The molecule has 0 atom stereocenters. The Morgan fingerprint density at radius 2 is 1.89 bits per heavy atom. The third kappa shape index (κ3) is 3.25. The van der Waals surface area contributed by atoms with Gasteiger partial charge in [-0.2, -0.15) is 23.7 Å². The van der Waals surface area contributed by atoms with E-state index in [2.05, 4.69) is 21.2 Å². The molecule has 1 N–H and O–H groups in total. The van der Waals surface area contributed by atoms with Crippen molar-refractivity contribution >= 4 is 21.6 Å². The van der Waals surface area contributed by atoms with E-state index in [-0.39, 0.29) is 15.7 Å². The van der Waals surface area contributed by atoms with Crippen LogP contribution in [0.5, 0.6) is 0 Å². The number of allylic oxidation sites excluding steroid dienone is 1. The number of rotatable bonds is 2. The highest BCUT2D eigenvalue weighted by molar-refractivity contribution is 9.10. The third-order valence-electron chi connectivity index (χ3n) is 1.92. The highest BCUT2D eigenvalue weighted by Crippen LogP contribution is 2.38. The van der Waals surface area contributed by atoms with Crippen LogP contribution in [0.15, 0.2) is 34.4 Å². The van der Waals surface area contributed by atoms with Crippen molar-refractivity contribution in [3.05, 3.63) is 40.0 Å². The summed E-state index contributed by atoms with van der Waals surface area (Å²) in [5.74, 6) is 0. The normalized spacial score (nSPS) is 10.1. The lowest BCUT2D eigenvalue weighted by atomic mass is 10.2. The molecule has 0 heterocycles. The van der Waals surface area contributed by atoms with Gasteiger partial charge in [0.2, 0.25) is 0 Å². The lowest BCUT2D eigenvalue weighted by Crippen LogP contribution is -2.07. The van der Waals surface area contributed by atoms with Crippen LogP contribution in [0.3, 0.4) is 0 Å². The maximum absolute atomic E-state index is 12.6. The molecule has 0 aliphatic rings. The minimum atomic E-state index is -4.48. The first-order chi connectivity index (χ1) is 8.40. The molecule has 0 saturated carbocycles. The Morgan fingerprint density at radius 3 is 2.39 bits per heavy atom. The average Bonchev–Trinajstić information content (AvgIpc) is 2.30. The van der Waals surface area contributed by atoms with Gasteiger partial charge < -0.3 is 5.32 Å². The quantitative estimate of drug-likeness (QED) is 0.844. The standard InChI is InChI=1S/C11H5BrF3N3/c12-10-8(11(13,14)15)2-1-3-9(10)18-6-7(4-16)5-17/h1-3,6,18H. The van der Waals surface area contributed by atoms with Gasteiger partial charge in [0.15, 0.2) is 0 Å². The Hall–Kier alpha value is -1.99. The second-order valence-corrected chi connectivity index (χ2v) is 3.88. The van der Waals surface area contributed by atoms with Crippen LogP contribution in [0.2, 0.25) is 0 Å². The Bertz CT molecular complexity index is 548. The number of hydrogen-bond donors (Lipinski definition) is 1. The van der Waals surface area contributed by atoms with Gasteiger partial charge in [-0.05, 0) is 28.1 Å². The molecular weight excluding hydrogens is 311 g/mol. The van der Waals surface area contributed by atoms with E-state index in [1.165, 1.54) is 12.1 Å². The summed E-state index contributed by atoms with van der Waals surface area (Å²) in [5, 5.41) is 19.4. The summed E-state index contributed by atoms with van der Waals surface area (Å²) in [6.07, 6.45) is -3.44. The molecule has 0 radical (unpaired) electrons. The molecule has 0 aliphatic heterocycles. The molecule has 0 spiro atoms. The maximum atomic E-state index is 12.6. The van der Waals surface area contributed by atoms with E-state index in [0.29, 0.717) is 0 Å². The van der Waals surface area contributed by atoms with Crippen LogP contribution in [-0.2, 0) is 6.18 Å². The fourth-order valence-corrected chi connectivity index (χ4v) is 1.71. The Labute approximate surface area is 109 Å². The monoisotopic (exact) mass is 315 g/mol. The maximum Gasteiger partial charge on any atom is 0.417 e. The van der Waals surface area contributed by atoms with Crippen LogP contribution in [0.25, 0.3) is 0 Å². The Balaban J connectivity index is 3.11. The smallest absolute Gasteiger partial charge is 0.359 e. The zero-order valence-corrected chi connectivity index (χ0v) is 10.3. The molecule has 3 nitrogen and oxygen atoms in total. The molecule has 1 aromatic carbocycles. The van der Waals surface area contributed by atoms with Gasteiger partial charge in [0.25, 0.3) is 0 Å². The van der Waals surface area contributed by atoms with Crippen LogP contribution in [-0.4, -0.2) is 0 Å². The summed E-state index contributed by atoms with van der Waals surface area (Å²) >= 11 is 2.83. The van der Waals surface area contributed by atoms with Gasteiger partial charge in [-0.1, -0.05) is 6.07 Å². The van der Waals surface area contributed by atoms with Crippen LogP contribution in [0, 0.1) is 22.7 Å². The van der Waals surface area contributed by atoms with Crippen molar-refractivity contribution < 1.29 is 13.2 Å². The van der Waals surface area contributed by atoms with Gasteiger partial charge in [0.05, 0.1) is 15.7 Å². The van der Waals surface area contributed by atoms with Crippen molar-refractivity contribution in [2.45, 2.75) is 6.18 Å². The molecule has 0 aromatic heterocycles. The van der Waals surface area contributed by atoms with Crippen LogP contribution >= 0.6 is 15.9 Å². The first-order valence-electron chi connectivity index (χ1n) is 4.52. The third-order valence-corrected chi connectivity index (χ3v) is 2.77. The van der Waals surface area contributed by atoms with Gasteiger partial charge in [0, 0.05) is 6.20 Å². The minimum absolute atomic E-state index is 0.118. The first-order valence-corrected chi connectivity index (χ1v) is 5.32. The zero-order valence-electron chi connectivity index (χ0n) is 8.72. The molecule has 0 amide bonds. The summed E-state index contributed by atoms with van der Waals surface area (Å²) in [6, 6.07) is 6.71. The van der Waals surface area contributed by atoms with E-state index in [1.807, 2.05) is 0 Å². The highest BCUT2D eigenvalue weighted by atomic mass is 79.9. The summed E-state index contributed by atoms with van der Waals surface area (Å²) in [7, 11) is 0. The molecule has 0 bridgehead atoms. The predicted molar refractivity (Wildman–Crippen MR) is 62.1 cm³/mol. The number of nitrogens with one attached hydrogen (secondary N) is 1. The molecule has 92 valence electrons. The van der Waals surface area contributed by atoms with Crippen molar-refractivity contribution in [3.63, 3.8) is 0 Å². The summed E-state index contributed by atoms with van der Waals surface area (Å²) in [6.45, 7) is 0. The van der Waals surface area contributed by atoms with Crippen molar-refractivity contribution in [3.8, 4) is 12.1 Å². The first kappa shape index (κ1) is 14.1. The predicted octanol–water partition coefficient (Wildman–Crippen LogP) is 3.81. The molecule has 1 aromatic rings. The molecule has 7 heteroatoms. The van der Waals surface area contributed by atoms with Crippen molar-refractivity contribution in [2.24, 2.45) is 0 Å². The summed E-state index contributed by atoms with van der Waals surface area (Å²) < 4.78 is 37.6. The molecule has 1 rings (SSSR count). The lowest BCUT2D eigenvalue weighted by molar-refractivity contribution is -0.138. The molecule has 0 fully saturated rings. The van der Waals surface area contributed by atoms with E-state index in [4.69, 9.17) is 10.5 Å². The van der Waals surface area contributed by atoms with Crippen molar-refractivity contribution in [2.75, 3.05) is 5.32 Å². The van der Waals surface area contributed by atoms with E-state index in [9.17, 15) is 13.2 Å². The fourth-order valence-electron chi connectivity index (χ4n) is 1.10. The van der Waals surface area contributed by atoms with Crippen LogP contribution < -0.4 is 5.32 Å². The number of nitrogens with zero attached hydrogens (tertiary/aromatic N) is 2. The van der Waals surface area contributed by atoms with E-state index < -0.39 is 11.7 Å². The highest BCUT2D eigenvalue weighted by Gasteiger charge is 2.33. The van der Waals surface area contributed by atoms with Crippen molar-refractivity contribution in [1.82, 2.24) is 0 Å². The number of halogens is 4. The molecule has 0 aliphatic carbocycles. The van der Waals surface area contributed by atoms with E-state index >= 15 is 0 Å². The van der Waals surface area contributed by atoms with Gasteiger partial charge in [-0.15, -0.1) is 0 Å². The SMILES string of the molecule is N#CC(C#N)=CNc1cccc(C(F)(F)F)c1Br. The number of hydrogen-bond acceptors (Lipinski definition) is 3. The molecular formula is C11H5BrF3N3. The summed E-state index contributed by atoms with van der Waals surface area (Å²) in [4.78, 5) is 0. The van der Waals surface area contributed by atoms with Crippen LogP contribution in [0.4, 0.5) is 18.9 Å². The second-order valence-electron chi connectivity index (χ2n) is 3.09. The number of alkyl halides is 3. The Kier molecular flexibility index (Phi) is 4.35. The van der Waals surface area contributed by atoms with Gasteiger partial charge in [0.1, 0.15) is 17.7 Å². The molecule has 0 unspecified atom stereocenters. The van der Waals surface area contributed by atoms with Gasteiger partial charge in [-0.25, -0.2) is 0 Å². The second kappa shape index (κ2) is 5.56. The van der Waals surface area contributed by atoms with Gasteiger partial charge in [-0.3, -0.25) is 0 Å². The number of nitriles is 2. The average molecular weight is 316 g/mol. The summed E-state index contributed by atoms with van der Waals surface area (Å²) in [5.41, 5.74) is -0.955. The lowest BCUT2D eigenvalue weighted by Gasteiger charge is -2.12.